The number of nitrogens with two attached hydrogens (primary N) is 1. The van der Waals surface area contributed by atoms with Crippen LogP contribution in [-0.2, 0) is 6.54 Å². The number of hydrogen-bond donors (Lipinski definition) is 2. The van der Waals surface area contributed by atoms with Crippen LogP contribution in [0.25, 0.3) is 0 Å². The molecular weight excluding hydrogens is 222 g/mol. The van der Waals surface area contributed by atoms with Crippen molar-refractivity contribution in [3.05, 3.63) is 24.3 Å². The number of nitrogen functional groups attached to an aromatic ring is 1. The average Bonchev–Trinajstić information content (AvgIpc) is 2.88. The number of rotatable bonds is 5. The van der Waals surface area contributed by atoms with E-state index in [1.165, 1.54) is 11.5 Å². The molecule has 0 radical (unpaired) electrons. The van der Waals surface area contributed by atoms with Crippen LogP contribution < -0.4 is 11.1 Å². The Morgan fingerprint density at radius 2 is 2.44 bits per heavy atom. The number of nitrogens with one attached hydrogen (secondary N) is 1. The van der Waals surface area contributed by atoms with E-state index >= 15 is 0 Å². The Balaban J connectivity index is 1.74. The van der Waals surface area contributed by atoms with Crippen molar-refractivity contribution < 1.29 is 0 Å². The summed E-state index contributed by atoms with van der Waals surface area (Å²) in [4.78, 5) is 3.99. The van der Waals surface area contributed by atoms with Gasteiger partial charge in [-0.05, 0) is 24.9 Å². The van der Waals surface area contributed by atoms with Crippen LogP contribution in [0, 0.1) is 6.92 Å². The molecule has 5 nitrogen and oxygen atoms in total. The van der Waals surface area contributed by atoms with Crippen molar-refractivity contribution >= 4 is 22.4 Å². The molecule has 2 aromatic rings. The summed E-state index contributed by atoms with van der Waals surface area (Å²) in [6.07, 6.45) is 6.64. The zero-order valence-electron chi connectivity index (χ0n) is 9.18. The van der Waals surface area contributed by atoms with E-state index in [-0.39, 0.29) is 0 Å². The summed E-state index contributed by atoms with van der Waals surface area (Å²) in [5, 5.41) is 4.41. The fourth-order valence-corrected chi connectivity index (χ4v) is 2.13. The number of nitrogens with zero attached hydrogens (tertiary/aromatic N) is 3. The van der Waals surface area contributed by atoms with E-state index in [0.29, 0.717) is 5.82 Å². The van der Waals surface area contributed by atoms with Gasteiger partial charge in [0.15, 0.2) is 0 Å². The lowest BCUT2D eigenvalue weighted by Crippen LogP contribution is -2.05. The average molecular weight is 237 g/mol. The fourth-order valence-electron chi connectivity index (χ4n) is 1.40. The van der Waals surface area contributed by atoms with Crippen molar-refractivity contribution in [1.82, 2.24) is 13.9 Å². The molecule has 0 amide bonds. The van der Waals surface area contributed by atoms with Gasteiger partial charge in [-0.3, -0.25) is 0 Å². The van der Waals surface area contributed by atoms with Crippen LogP contribution in [0.4, 0.5) is 10.8 Å². The summed E-state index contributed by atoms with van der Waals surface area (Å²) in [5.74, 6) is 0.627. The van der Waals surface area contributed by atoms with Crippen LogP contribution in [0.2, 0.25) is 0 Å². The molecule has 3 N–H and O–H groups in total. The molecule has 0 atom stereocenters. The molecule has 0 aromatic carbocycles. The van der Waals surface area contributed by atoms with Gasteiger partial charge in [0.25, 0.3) is 0 Å². The lowest BCUT2D eigenvalue weighted by molar-refractivity contribution is 0.661. The molecule has 6 heteroatoms. The number of anilines is 2. The van der Waals surface area contributed by atoms with Gasteiger partial charge < -0.3 is 15.6 Å². The largest absolute Gasteiger partial charge is 0.383 e. The number of aryl methyl sites for hydroxylation is 1. The first-order chi connectivity index (χ1) is 7.77. The Morgan fingerprint density at radius 1 is 1.56 bits per heavy atom. The Hall–Kier alpha value is -1.56. The number of hydrogen-bond acceptors (Lipinski definition) is 5. The van der Waals surface area contributed by atoms with Gasteiger partial charge in [0.2, 0.25) is 0 Å². The molecule has 16 heavy (non-hydrogen) atoms. The molecule has 0 aliphatic heterocycles. The van der Waals surface area contributed by atoms with Gasteiger partial charge in [-0.25, -0.2) is 4.98 Å². The van der Waals surface area contributed by atoms with Crippen LogP contribution >= 0.6 is 11.5 Å². The highest BCUT2D eigenvalue weighted by atomic mass is 32.1. The first kappa shape index (κ1) is 10.9. The van der Waals surface area contributed by atoms with Crippen molar-refractivity contribution in [2.75, 3.05) is 17.6 Å². The number of imidazole rings is 1. The Labute approximate surface area is 98.5 Å². The molecule has 2 heterocycles. The molecule has 0 fully saturated rings. The van der Waals surface area contributed by atoms with E-state index in [0.717, 1.165) is 30.1 Å². The second kappa shape index (κ2) is 4.98. The predicted octanol–water partition coefficient (Wildman–Crippen LogP) is 1.73. The summed E-state index contributed by atoms with van der Waals surface area (Å²) < 4.78 is 6.15. The van der Waals surface area contributed by atoms with Crippen molar-refractivity contribution in [2.45, 2.75) is 19.9 Å². The van der Waals surface area contributed by atoms with Gasteiger partial charge in [-0.15, -0.1) is 0 Å². The standard InChI is InChI=1S/C10H15N5S/c1-8-9(11)14-16-10(8)13-3-2-5-15-6-4-12-7-15/h4,6-7,13H,2-3,5H2,1H3,(H2,11,14). The lowest BCUT2D eigenvalue weighted by atomic mass is 10.3. The monoisotopic (exact) mass is 237 g/mol. The molecule has 0 aliphatic rings. The molecule has 0 bridgehead atoms. The predicted molar refractivity (Wildman–Crippen MR) is 66.6 cm³/mol. The topological polar surface area (TPSA) is 68.8 Å². The quantitative estimate of drug-likeness (QED) is 0.777. The highest BCUT2D eigenvalue weighted by Gasteiger charge is 2.04. The minimum atomic E-state index is 0.627. The minimum Gasteiger partial charge on any atom is -0.383 e. The second-order valence-electron chi connectivity index (χ2n) is 3.60. The minimum absolute atomic E-state index is 0.627. The summed E-state index contributed by atoms with van der Waals surface area (Å²) in [6, 6.07) is 0. The Kier molecular flexibility index (Phi) is 3.40. The molecule has 0 saturated heterocycles. The van der Waals surface area contributed by atoms with E-state index in [2.05, 4.69) is 19.2 Å². The second-order valence-corrected chi connectivity index (χ2v) is 4.38. The molecule has 2 aromatic heterocycles. The third kappa shape index (κ3) is 2.52. The summed E-state index contributed by atoms with van der Waals surface area (Å²) in [5.41, 5.74) is 6.72. The van der Waals surface area contributed by atoms with Crippen molar-refractivity contribution in [2.24, 2.45) is 0 Å². The van der Waals surface area contributed by atoms with E-state index in [9.17, 15) is 0 Å². The van der Waals surface area contributed by atoms with Gasteiger partial charge in [-0.1, -0.05) is 0 Å². The van der Waals surface area contributed by atoms with Crippen LogP contribution in [-0.4, -0.2) is 20.5 Å². The summed E-state index contributed by atoms with van der Waals surface area (Å²) >= 11 is 1.42. The third-order valence-corrected chi connectivity index (χ3v) is 3.32. The molecule has 0 spiro atoms. The van der Waals surface area contributed by atoms with Crippen molar-refractivity contribution in [3.8, 4) is 0 Å². The van der Waals surface area contributed by atoms with Crippen molar-refractivity contribution in [3.63, 3.8) is 0 Å². The van der Waals surface area contributed by atoms with E-state index in [4.69, 9.17) is 5.73 Å². The third-order valence-electron chi connectivity index (χ3n) is 2.40. The maximum absolute atomic E-state index is 5.67. The normalized spacial score (nSPS) is 10.6. The van der Waals surface area contributed by atoms with Gasteiger partial charge in [-0.2, -0.15) is 4.37 Å². The molecule has 0 unspecified atom stereocenters. The first-order valence-corrected chi connectivity index (χ1v) is 5.96. The van der Waals surface area contributed by atoms with Gasteiger partial charge >= 0.3 is 0 Å². The number of aromatic nitrogens is 3. The first-order valence-electron chi connectivity index (χ1n) is 5.18. The van der Waals surface area contributed by atoms with Gasteiger partial charge in [0.1, 0.15) is 10.8 Å². The maximum Gasteiger partial charge on any atom is 0.142 e. The van der Waals surface area contributed by atoms with E-state index in [1.807, 2.05) is 19.4 Å². The zero-order chi connectivity index (χ0) is 11.4. The van der Waals surface area contributed by atoms with Gasteiger partial charge in [0, 0.05) is 31.0 Å². The lowest BCUT2D eigenvalue weighted by Gasteiger charge is -2.05. The highest BCUT2D eigenvalue weighted by Crippen LogP contribution is 2.24. The molecule has 0 aliphatic carbocycles. The van der Waals surface area contributed by atoms with Crippen LogP contribution in [0.15, 0.2) is 18.7 Å². The SMILES string of the molecule is Cc1c(N)nsc1NCCCn1ccnc1. The maximum atomic E-state index is 5.67. The van der Waals surface area contributed by atoms with Crippen LogP contribution in [0.1, 0.15) is 12.0 Å². The summed E-state index contributed by atoms with van der Waals surface area (Å²) in [7, 11) is 0. The zero-order valence-corrected chi connectivity index (χ0v) is 10.00. The summed E-state index contributed by atoms with van der Waals surface area (Å²) in [6.45, 7) is 3.87. The van der Waals surface area contributed by atoms with Crippen molar-refractivity contribution in [1.29, 1.82) is 0 Å². The smallest absolute Gasteiger partial charge is 0.142 e. The molecule has 86 valence electrons. The molecule has 0 saturated carbocycles. The van der Waals surface area contributed by atoms with E-state index in [1.54, 1.807) is 6.20 Å². The fraction of sp³-hybridized carbons (Fsp3) is 0.400. The Bertz CT molecular complexity index is 434. The molecular formula is C10H15N5S. The van der Waals surface area contributed by atoms with E-state index < -0.39 is 0 Å². The molecule has 2 rings (SSSR count). The highest BCUT2D eigenvalue weighted by molar-refractivity contribution is 7.10. The van der Waals surface area contributed by atoms with Crippen LogP contribution in [0.5, 0.6) is 0 Å². The van der Waals surface area contributed by atoms with Gasteiger partial charge in [0.05, 0.1) is 6.33 Å². The Morgan fingerprint density at radius 3 is 3.06 bits per heavy atom. The van der Waals surface area contributed by atoms with Crippen LogP contribution in [0.3, 0.4) is 0 Å².